The number of amides is 2. The standard InChI is InChI=1S/C39H46N4O7/c1-43(24-35(46)28-8-7-11-31(45)21-28)23-32-22-36(27-18-16-26(25-44)17-19-27)50-39(49-32)29-9-6-10-30(20-29)41-37(47)14-4-5-15-38(48)42-34-13-3-2-12-33(34)40/h2-3,6-13,16-21,32,35-36,39,44-46H,4-5,14-15,22-25,40H2,1H3,(H,41,47)(H,42,48)/t32-,35+,36+,39+/m0/s1. The zero-order valence-corrected chi connectivity index (χ0v) is 28.2. The van der Waals surface area contributed by atoms with Gasteiger partial charge in [-0.15, -0.1) is 0 Å². The minimum Gasteiger partial charge on any atom is -0.508 e. The van der Waals surface area contributed by atoms with E-state index in [1.807, 2.05) is 54.4 Å². The van der Waals surface area contributed by atoms with Gasteiger partial charge in [0.1, 0.15) is 5.75 Å². The van der Waals surface area contributed by atoms with Crippen LogP contribution in [0.3, 0.4) is 0 Å². The molecule has 11 nitrogen and oxygen atoms in total. The number of nitrogens with zero attached hydrogens (tertiary/aromatic N) is 1. The van der Waals surface area contributed by atoms with E-state index in [-0.39, 0.29) is 49.2 Å². The molecule has 1 aliphatic heterocycles. The maximum Gasteiger partial charge on any atom is 0.224 e. The number of aromatic hydroxyl groups is 1. The topological polar surface area (TPSA) is 167 Å². The number of hydrogen-bond acceptors (Lipinski definition) is 9. The van der Waals surface area contributed by atoms with E-state index in [1.54, 1.807) is 54.6 Å². The van der Waals surface area contributed by atoms with Crippen molar-refractivity contribution in [3.63, 3.8) is 0 Å². The number of phenols is 1. The highest BCUT2D eigenvalue weighted by atomic mass is 16.7. The number of carbonyl (C=O) groups is 2. The molecule has 0 aliphatic carbocycles. The number of para-hydroxylation sites is 2. The first-order chi connectivity index (χ1) is 24.2. The lowest BCUT2D eigenvalue weighted by atomic mass is 9.99. The Morgan fingerprint density at radius 2 is 1.60 bits per heavy atom. The van der Waals surface area contributed by atoms with E-state index in [9.17, 15) is 24.9 Å². The molecule has 0 radical (unpaired) electrons. The van der Waals surface area contributed by atoms with Crippen LogP contribution < -0.4 is 16.4 Å². The van der Waals surface area contributed by atoms with E-state index in [1.165, 1.54) is 0 Å². The van der Waals surface area contributed by atoms with Gasteiger partial charge in [0.2, 0.25) is 11.8 Å². The van der Waals surface area contributed by atoms with Crippen molar-refractivity contribution in [2.75, 3.05) is 36.5 Å². The Balaban J connectivity index is 1.19. The molecular weight excluding hydrogens is 636 g/mol. The number of benzene rings is 4. The first-order valence-corrected chi connectivity index (χ1v) is 16.9. The minimum atomic E-state index is -0.796. The van der Waals surface area contributed by atoms with Crippen LogP contribution in [-0.2, 0) is 25.7 Å². The third-order valence-electron chi connectivity index (χ3n) is 8.60. The zero-order chi connectivity index (χ0) is 35.5. The normalized spacial score (nSPS) is 18.0. The lowest BCUT2D eigenvalue weighted by Crippen LogP contribution is -2.39. The van der Waals surface area contributed by atoms with Gasteiger partial charge in [-0.3, -0.25) is 9.59 Å². The van der Waals surface area contributed by atoms with Crippen molar-refractivity contribution >= 4 is 28.9 Å². The summed E-state index contributed by atoms with van der Waals surface area (Å²) < 4.78 is 13.0. The Bertz CT molecular complexity index is 1720. The Hall–Kier alpha value is -4.78. The molecule has 7 N–H and O–H groups in total. The van der Waals surface area contributed by atoms with E-state index in [2.05, 4.69) is 10.6 Å². The molecule has 0 aromatic heterocycles. The third kappa shape index (κ3) is 10.6. The SMILES string of the molecule is CN(C[C@@H]1C[C@H](c2ccc(CO)cc2)O[C@H](c2cccc(NC(=O)CCCCC(=O)Nc3ccccc3N)c2)O1)C[C@@H](O)c1cccc(O)c1. The number of nitrogens with one attached hydrogen (secondary N) is 2. The van der Waals surface area contributed by atoms with Crippen molar-refractivity contribution in [3.8, 4) is 5.75 Å². The molecule has 4 aromatic rings. The molecule has 4 atom stereocenters. The zero-order valence-electron chi connectivity index (χ0n) is 28.2. The molecule has 5 rings (SSSR count). The van der Waals surface area contributed by atoms with Crippen molar-refractivity contribution in [1.82, 2.24) is 4.90 Å². The van der Waals surface area contributed by atoms with Gasteiger partial charge in [0, 0.05) is 43.6 Å². The molecule has 4 aromatic carbocycles. The van der Waals surface area contributed by atoms with Gasteiger partial charge in [0.15, 0.2) is 6.29 Å². The summed E-state index contributed by atoms with van der Waals surface area (Å²) in [5, 5.41) is 35.9. The van der Waals surface area contributed by atoms with Crippen LogP contribution in [-0.4, -0.2) is 58.3 Å². The fraction of sp³-hybridized carbons (Fsp3) is 0.333. The fourth-order valence-electron chi connectivity index (χ4n) is 5.97. The highest BCUT2D eigenvalue weighted by Crippen LogP contribution is 2.39. The van der Waals surface area contributed by atoms with Gasteiger partial charge in [-0.05, 0) is 73.0 Å². The number of hydrogen-bond donors (Lipinski definition) is 6. The summed E-state index contributed by atoms with van der Waals surface area (Å²) in [5.74, 6) is -0.210. The molecule has 264 valence electrons. The maximum absolute atomic E-state index is 12.8. The molecule has 1 aliphatic rings. The van der Waals surface area contributed by atoms with Crippen LogP contribution in [0.5, 0.6) is 5.75 Å². The number of ether oxygens (including phenoxy) is 2. The number of nitrogens with two attached hydrogens (primary N) is 1. The lowest BCUT2D eigenvalue weighted by Gasteiger charge is -2.38. The molecule has 0 spiro atoms. The molecule has 1 fully saturated rings. The molecule has 1 heterocycles. The van der Waals surface area contributed by atoms with Crippen molar-refractivity contribution in [1.29, 1.82) is 0 Å². The molecule has 0 saturated carbocycles. The number of aliphatic hydroxyl groups excluding tert-OH is 2. The van der Waals surface area contributed by atoms with Gasteiger partial charge < -0.3 is 46.1 Å². The molecule has 11 heteroatoms. The minimum absolute atomic E-state index is 0.0515. The molecular formula is C39H46N4O7. The summed E-state index contributed by atoms with van der Waals surface area (Å²) in [6.07, 6.45) is 0.121. The van der Waals surface area contributed by atoms with E-state index in [4.69, 9.17) is 15.2 Å². The largest absolute Gasteiger partial charge is 0.508 e. The number of nitrogen functional groups attached to an aromatic ring is 1. The summed E-state index contributed by atoms with van der Waals surface area (Å²) in [5.41, 5.74) is 10.7. The van der Waals surface area contributed by atoms with Gasteiger partial charge >= 0.3 is 0 Å². The van der Waals surface area contributed by atoms with Crippen molar-refractivity contribution in [2.45, 2.75) is 63.3 Å². The third-order valence-corrected chi connectivity index (χ3v) is 8.60. The van der Waals surface area contributed by atoms with Crippen molar-refractivity contribution in [3.05, 3.63) is 119 Å². The van der Waals surface area contributed by atoms with Crippen LogP contribution in [0.1, 0.15) is 72.9 Å². The van der Waals surface area contributed by atoms with Gasteiger partial charge in [0.25, 0.3) is 0 Å². The Morgan fingerprint density at radius 3 is 2.32 bits per heavy atom. The number of likely N-dealkylation sites (N-methyl/N-ethyl adjacent to an activating group) is 1. The molecule has 0 unspecified atom stereocenters. The van der Waals surface area contributed by atoms with Crippen molar-refractivity contribution in [2.24, 2.45) is 0 Å². The molecule has 1 saturated heterocycles. The Labute approximate surface area is 292 Å². The van der Waals surface area contributed by atoms with Crippen LogP contribution in [0.15, 0.2) is 97.1 Å². The predicted molar refractivity (Wildman–Crippen MR) is 192 cm³/mol. The van der Waals surface area contributed by atoms with Crippen LogP contribution in [0.4, 0.5) is 17.1 Å². The van der Waals surface area contributed by atoms with Crippen molar-refractivity contribution < 1.29 is 34.4 Å². The van der Waals surface area contributed by atoms with E-state index in [0.29, 0.717) is 55.0 Å². The van der Waals surface area contributed by atoms with Crippen LogP contribution in [0, 0.1) is 0 Å². The van der Waals surface area contributed by atoms with E-state index in [0.717, 1.165) is 16.7 Å². The smallest absolute Gasteiger partial charge is 0.224 e. The van der Waals surface area contributed by atoms with Gasteiger partial charge in [0.05, 0.1) is 36.3 Å². The second-order valence-corrected chi connectivity index (χ2v) is 12.7. The second kappa shape index (κ2) is 17.7. The van der Waals surface area contributed by atoms with E-state index >= 15 is 0 Å². The first-order valence-electron chi connectivity index (χ1n) is 16.9. The monoisotopic (exact) mass is 682 g/mol. The number of aliphatic hydroxyl groups is 2. The quantitative estimate of drug-likeness (QED) is 0.0670. The average Bonchev–Trinajstić information content (AvgIpc) is 3.11. The maximum atomic E-state index is 12.8. The number of carbonyl (C=O) groups excluding carboxylic acids is 2. The lowest BCUT2D eigenvalue weighted by molar-refractivity contribution is -0.252. The summed E-state index contributed by atoms with van der Waals surface area (Å²) in [6.45, 7) is 0.789. The average molecular weight is 683 g/mol. The van der Waals surface area contributed by atoms with Crippen LogP contribution in [0.25, 0.3) is 0 Å². The predicted octanol–water partition coefficient (Wildman–Crippen LogP) is 5.82. The summed E-state index contributed by atoms with van der Waals surface area (Å²) >= 11 is 0. The van der Waals surface area contributed by atoms with Crippen LogP contribution in [0.2, 0.25) is 0 Å². The second-order valence-electron chi connectivity index (χ2n) is 12.7. The van der Waals surface area contributed by atoms with E-state index < -0.39 is 12.4 Å². The highest BCUT2D eigenvalue weighted by Gasteiger charge is 2.33. The van der Waals surface area contributed by atoms with Gasteiger partial charge in [-0.1, -0.05) is 60.7 Å². The molecule has 0 bridgehead atoms. The number of rotatable bonds is 15. The van der Waals surface area contributed by atoms with Gasteiger partial charge in [-0.2, -0.15) is 0 Å². The number of phenolic OH excluding ortho intramolecular Hbond substituents is 1. The van der Waals surface area contributed by atoms with Gasteiger partial charge in [-0.25, -0.2) is 0 Å². The van der Waals surface area contributed by atoms with Crippen LogP contribution >= 0.6 is 0 Å². The molecule has 2 amide bonds. The Kier molecular flexibility index (Phi) is 13.0. The summed E-state index contributed by atoms with van der Waals surface area (Å²) in [7, 11) is 1.91. The molecule has 50 heavy (non-hydrogen) atoms. The Morgan fingerprint density at radius 1 is 0.880 bits per heavy atom. The highest BCUT2D eigenvalue weighted by molar-refractivity contribution is 5.94. The summed E-state index contributed by atoms with van der Waals surface area (Å²) in [4.78, 5) is 27.1. The fourth-order valence-corrected chi connectivity index (χ4v) is 5.97. The summed E-state index contributed by atoms with van der Waals surface area (Å²) in [6, 6.07) is 28.7. The number of unbranched alkanes of at least 4 members (excludes halogenated alkanes) is 1. The first kappa shape index (κ1) is 36.5. The number of anilines is 3.